The normalized spacial score (nSPS) is 10.8. The SMILES string of the molecule is O=C(CSc1nnc(-c2ccccc2O)n1-c1ccccc1)Nc1cc(Cl)c(Cl)cc1Cl. The second-order valence-electron chi connectivity index (χ2n) is 6.58. The molecule has 0 fully saturated rings. The molecule has 4 rings (SSSR count). The number of halogens is 3. The highest BCUT2D eigenvalue weighted by Crippen LogP contribution is 2.34. The number of para-hydroxylation sites is 2. The highest BCUT2D eigenvalue weighted by Gasteiger charge is 2.19. The molecule has 0 saturated carbocycles. The number of thioether (sulfide) groups is 1. The Labute approximate surface area is 203 Å². The van der Waals surface area contributed by atoms with Gasteiger partial charge in [-0.15, -0.1) is 10.2 Å². The van der Waals surface area contributed by atoms with E-state index in [4.69, 9.17) is 34.8 Å². The van der Waals surface area contributed by atoms with E-state index in [1.807, 2.05) is 30.3 Å². The summed E-state index contributed by atoms with van der Waals surface area (Å²) in [6.07, 6.45) is 0. The van der Waals surface area contributed by atoms with Crippen LogP contribution < -0.4 is 5.32 Å². The topological polar surface area (TPSA) is 80.0 Å². The van der Waals surface area contributed by atoms with Crippen molar-refractivity contribution < 1.29 is 9.90 Å². The van der Waals surface area contributed by atoms with Crippen molar-refractivity contribution in [3.05, 3.63) is 81.8 Å². The number of carbonyl (C=O) groups is 1. The van der Waals surface area contributed by atoms with Crippen LogP contribution in [0.1, 0.15) is 0 Å². The summed E-state index contributed by atoms with van der Waals surface area (Å²) < 4.78 is 1.79. The van der Waals surface area contributed by atoms with Crippen LogP contribution in [0, 0.1) is 0 Å². The van der Waals surface area contributed by atoms with Crippen molar-refractivity contribution in [3.8, 4) is 22.8 Å². The molecule has 0 radical (unpaired) electrons. The number of phenolic OH excluding ortho intramolecular Hbond substituents is 1. The number of aromatic hydroxyl groups is 1. The molecule has 10 heteroatoms. The van der Waals surface area contributed by atoms with Crippen LogP contribution in [-0.4, -0.2) is 31.5 Å². The maximum atomic E-state index is 12.5. The van der Waals surface area contributed by atoms with Crippen molar-refractivity contribution in [1.82, 2.24) is 14.8 Å². The molecule has 162 valence electrons. The van der Waals surface area contributed by atoms with Gasteiger partial charge in [-0.1, -0.05) is 76.9 Å². The smallest absolute Gasteiger partial charge is 0.234 e. The summed E-state index contributed by atoms with van der Waals surface area (Å²) in [7, 11) is 0. The Bertz CT molecular complexity index is 1280. The molecule has 0 aliphatic rings. The van der Waals surface area contributed by atoms with Crippen LogP contribution >= 0.6 is 46.6 Å². The number of anilines is 1. The van der Waals surface area contributed by atoms with Crippen molar-refractivity contribution in [2.45, 2.75) is 5.16 Å². The van der Waals surface area contributed by atoms with Gasteiger partial charge in [0.15, 0.2) is 11.0 Å². The average molecular weight is 506 g/mol. The first-order valence-electron chi connectivity index (χ1n) is 9.30. The van der Waals surface area contributed by atoms with Gasteiger partial charge in [0.05, 0.1) is 32.1 Å². The lowest BCUT2D eigenvalue weighted by Crippen LogP contribution is -2.15. The maximum absolute atomic E-state index is 12.5. The maximum Gasteiger partial charge on any atom is 0.234 e. The Morgan fingerprint density at radius 2 is 1.62 bits per heavy atom. The molecule has 0 unspecified atom stereocenters. The summed E-state index contributed by atoms with van der Waals surface area (Å²) in [5.74, 6) is 0.287. The van der Waals surface area contributed by atoms with Crippen molar-refractivity contribution in [1.29, 1.82) is 0 Å². The van der Waals surface area contributed by atoms with Crippen molar-refractivity contribution >= 4 is 58.2 Å². The number of amides is 1. The van der Waals surface area contributed by atoms with Gasteiger partial charge in [0.1, 0.15) is 5.75 Å². The molecule has 1 heterocycles. The predicted molar refractivity (Wildman–Crippen MR) is 129 cm³/mol. The lowest BCUT2D eigenvalue weighted by Gasteiger charge is -2.11. The van der Waals surface area contributed by atoms with E-state index in [1.54, 1.807) is 28.8 Å². The number of hydrogen-bond donors (Lipinski definition) is 2. The molecular formula is C22H15Cl3N4O2S. The number of rotatable bonds is 6. The third-order valence-corrected chi connectivity index (χ3v) is 6.37. The summed E-state index contributed by atoms with van der Waals surface area (Å²) in [5.41, 5.74) is 1.69. The molecule has 1 amide bonds. The van der Waals surface area contributed by atoms with Crippen LogP contribution in [0.3, 0.4) is 0 Å². The zero-order chi connectivity index (χ0) is 22.7. The molecule has 0 bridgehead atoms. The van der Waals surface area contributed by atoms with Gasteiger partial charge in [0.2, 0.25) is 5.91 Å². The molecule has 4 aromatic rings. The Kier molecular flexibility index (Phi) is 6.91. The van der Waals surface area contributed by atoms with Gasteiger partial charge in [0.25, 0.3) is 0 Å². The van der Waals surface area contributed by atoms with Crippen LogP contribution in [0.5, 0.6) is 5.75 Å². The van der Waals surface area contributed by atoms with Crippen LogP contribution in [0.4, 0.5) is 5.69 Å². The van der Waals surface area contributed by atoms with Gasteiger partial charge in [0, 0.05) is 5.69 Å². The lowest BCUT2D eigenvalue weighted by molar-refractivity contribution is -0.113. The van der Waals surface area contributed by atoms with E-state index in [0.717, 1.165) is 5.69 Å². The van der Waals surface area contributed by atoms with Crippen LogP contribution in [0.15, 0.2) is 71.9 Å². The first kappa shape index (κ1) is 22.5. The molecule has 0 atom stereocenters. The minimum absolute atomic E-state index is 0.0440. The number of nitrogens with zero attached hydrogens (tertiary/aromatic N) is 3. The molecule has 0 aliphatic heterocycles. The Morgan fingerprint density at radius 3 is 2.38 bits per heavy atom. The van der Waals surface area contributed by atoms with Crippen molar-refractivity contribution in [2.24, 2.45) is 0 Å². The van der Waals surface area contributed by atoms with E-state index in [2.05, 4.69) is 15.5 Å². The minimum Gasteiger partial charge on any atom is -0.507 e. The minimum atomic E-state index is -0.304. The molecular weight excluding hydrogens is 491 g/mol. The molecule has 0 spiro atoms. The van der Waals surface area contributed by atoms with E-state index < -0.39 is 0 Å². The van der Waals surface area contributed by atoms with E-state index in [0.29, 0.717) is 27.3 Å². The highest BCUT2D eigenvalue weighted by atomic mass is 35.5. The van der Waals surface area contributed by atoms with Crippen molar-refractivity contribution in [3.63, 3.8) is 0 Å². The van der Waals surface area contributed by atoms with Gasteiger partial charge >= 0.3 is 0 Å². The number of carbonyl (C=O) groups excluding carboxylic acids is 1. The van der Waals surface area contributed by atoms with Gasteiger partial charge in [-0.3, -0.25) is 9.36 Å². The standard InChI is InChI=1S/C22H15Cl3N4O2S/c23-15-10-17(25)18(11-16(15)24)26-20(31)12-32-22-28-27-21(14-8-4-5-9-19(14)30)29(22)13-6-2-1-3-7-13/h1-11,30H,12H2,(H,26,31). The highest BCUT2D eigenvalue weighted by molar-refractivity contribution is 7.99. The lowest BCUT2D eigenvalue weighted by atomic mass is 10.2. The molecule has 32 heavy (non-hydrogen) atoms. The fraction of sp³-hybridized carbons (Fsp3) is 0.0455. The summed E-state index contributed by atoms with van der Waals surface area (Å²) in [4.78, 5) is 12.5. The second-order valence-corrected chi connectivity index (χ2v) is 8.74. The molecule has 2 N–H and O–H groups in total. The molecule has 0 aliphatic carbocycles. The monoisotopic (exact) mass is 504 g/mol. The predicted octanol–water partition coefficient (Wildman–Crippen LogP) is 6.33. The fourth-order valence-electron chi connectivity index (χ4n) is 2.95. The number of nitrogens with one attached hydrogen (secondary N) is 1. The quantitative estimate of drug-likeness (QED) is 0.236. The fourth-order valence-corrected chi connectivity index (χ4v) is 4.29. The largest absolute Gasteiger partial charge is 0.507 e. The van der Waals surface area contributed by atoms with Crippen LogP contribution in [0.25, 0.3) is 17.1 Å². The molecule has 1 aromatic heterocycles. The molecule has 6 nitrogen and oxygen atoms in total. The average Bonchev–Trinajstić information content (AvgIpc) is 3.20. The second kappa shape index (κ2) is 9.83. The third-order valence-electron chi connectivity index (χ3n) is 4.41. The first-order chi connectivity index (χ1) is 15.4. The van der Waals surface area contributed by atoms with Gasteiger partial charge in [-0.05, 0) is 36.4 Å². The van der Waals surface area contributed by atoms with Gasteiger partial charge < -0.3 is 10.4 Å². The zero-order valence-corrected chi connectivity index (χ0v) is 19.4. The van der Waals surface area contributed by atoms with Gasteiger partial charge in [-0.25, -0.2) is 0 Å². The summed E-state index contributed by atoms with van der Waals surface area (Å²) in [6, 6.07) is 19.3. The van der Waals surface area contributed by atoms with Gasteiger partial charge in [-0.2, -0.15) is 0 Å². The van der Waals surface area contributed by atoms with E-state index >= 15 is 0 Å². The van der Waals surface area contributed by atoms with Crippen LogP contribution in [-0.2, 0) is 4.79 Å². The molecule has 0 saturated heterocycles. The summed E-state index contributed by atoms with van der Waals surface area (Å²) in [5, 5.41) is 22.9. The molecule has 3 aromatic carbocycles. The number of hydrogen-bond acceptors (Lipinski definition) is 5. The first-order valence-corrected chi connectivity index (χ1v) is 11.4. The van der Waals surface area contributed by atoms with E-state index in [1.165, 1.54) is 23.9 Å². The summed E-state index contributed by atoms with van der Waals surface area (Å²) >= 11 is 19.3. The Balaban J connectivity index is 1.60. The van der Waals surface area contributed by atoms with Crippen molar-refractivity contribution in [2.75, 3.05) is 11.1 Å². The Hall–Kier alpha value is -2.71. The number of aromatic nitrogens is 3. The summed E-state index contributed by atoms with van der Waals surface area (Å²) in [6.45, 7) is 0. The zero-order valence-electron chi connectivity index (χ0n) is 16.3. The van der Waals surface area contributed by atoms with E-state index in [-0.39, 0.29) is 27.5 Å². The Morgan fingerprint density at radius 1 is 0.938 bits per heavy atom. The van der Waals surface area contributed by atoms with Crippen LogP contribution in [0.2, 0.25) is 15.1 Å². The number of phenols is 1. The number of benzene rings is 3. The van der Waals surface area contributed by atoms with E-state index in [9.17, 15) is 9.90 Å². The third kappa shape index (κ3) is 4.86.